The van der Waals surface area contributed by atoms with E-state index < -0.39 is 11.1 Å². The zero-order valence-electron chi connectivity index (χ0n) is 18.4. The first kappa shape index (κ1) is 22.0. The average Bonchev–Trinajstić information content (AvgIpc) is 2.88. The van der Waals surface area contributed by atoms with Gasteiger partial charge in [0.15, 0.2) is 0 Å². The smallest absolute Gasteiger partial charge is 0.0718 e. The lowest BCUT2D eigenvalue weighted by atomic mass is 9.60. The van der Waals surface area contributed by atoms with Gasteiger partial charge in [0.05, 0.1) is 11.1 Å². The molecule has 0 heterocycles. The second-order valence-corrected chi connectivity index (χ2v) is 8.40. The van der Waals surface area contributed by atoms with E-state index in [1.54, 1.807) is 0 Å². The van der Waals surface area contributed by atoms with Crippen LogP contribution in [0.5, 0.6) is 0 Å². The zero-order chi connectivity index (χ0) is 22.4. The van der Waals surface area contributed by atoms with E-state index in [0.29, 0.717) is 0 Å². The molecule has 2 heteroatoms. The molecular formula is C30H31N2. The minimum Gasteiger partial charge on any atom is -0.317 e. The van der Waals surface area contributed by atoms with Crippen LogP contribution in [-0.2, 0) is 11.1 Å². The van der Waals surface area contributed by atoms with E-state index in [2.05, 4.69) is 55.5 Å². The Morgan fingerprint density at radius 2 is 0.750 bits per heavy atom. The molecule has 0 unspecified atom stereocenters. The van der Waals surface area contributed by atoms with Crippen LogP contribution in [-0.4, -0.2) is 0 Å². The van der Waals surface area contributed by atoms with E-state index in [4.69, 9.17) is 11.5 Å². The van der Waals surface area contributed by atoms with Crippen molar-refractivity contribution in [2.75, 3.05) is 0 Å². The highest BCUT2D eigenvalue weighted by molar-refractivity contribution is 5.46. The fraction of sp³-hybridized carbons (Fsp3) is 0.167. The topological polar surface area (TPSA) is 52.0 Å². The molecule has 0 aliphatic rings. The third-order valence-electron chi connectivity index (χ3n) is 6.60. The molecule has 0 amide bonds. The molecule has 0 bridgehead atoms. The molecular weight excluding hydrogens is 388 g/mol. The number of hydrogen-bond donors (Lipinski definition) is 2. The summed E-state index contributed by atoms with van der Waals surface area (Å²) in [7, 11) is 0. The van der Waals surface area contributed by atoms with Crippen molar-refractivity contribution in [3.63, 3.8) is 0 Å². The first-order valence-corrected chi connectivity index (χ1v) is 11.2. The van der Waals surface area contributed by atoms with Crippen LogP contribution in [0.4, 0.5) is 0 Å². The first-order valence-electron chi connectivity index (χ1n) is 11.2. The maximum atomic E-state index is 7.52. The largest absolute Gasteiger partial charge is 0.317 e. The lowest BCUT2D eigenvalue weighted by Gasteiger charge is -2.49. The van der Waals surface area contributed by atoms with Gasteiger partial charge >= 0.3 is 0 Å². The normalized spacial score (nSPS) is 12.1. The summed E-state index contributed by atoms with van der Waals surface area (Å²) in [6.45, 7) is 4.22. The molecule has 0 spiro atoms. The zero-order valence-corrected chi connectivity index (χ0v) is 18.4. The van der Waals surface area contributed by atoms with Gasteiger partial charge in [-0.3, -0.25) is 0 Å². The van der Waals surface area contributed by atoms with Crippen LogP contribution in [0.15, 0.2) is 121 Å². The van der Waals surface area contributed by atoms with Crippen molar-refractivity contribution < 1.29 is 0 Å². The Labute approximate surface area is 191 Å². The SMILES string of the molecule is [CH2]CCC(C(N)(c1ccccc1)c1ccccc1)C(N)(c1ccccc1)c1ccccc1. The second-order valence-electron chi connectivity index (χ2n) is 8.40. The number of rotatable bonds is 8. The Kier molecular flexibility index (Phi) is 6.55. The van der Waals surface area contributed by atoms with Crippen molar-refractivity contribution in [3.05, 3.63) is 151 Å². The molecule has 4 aromatic rings. The maximum Gasteiger partial charge on any atom is 0.0718 e. The molecule has 0 saturated heterocycles. The van der Waals surface area contributed by atoms with Crippen molar-refractivity contribution >= 4 is 0 Å². The molecule has 32 heavy (non-hydrogen) atoms. The summed E-state index contributed by atoms with van der Waals surface area (Å²) < 4.78 is 0. The highest BCUT2D eigenvalue weighted by Crippen LogP contribution is 2.48. The summed E-state index contributed by atoms with van der Waals surface area (Å²) in [6, 6.07) is 41.3. The van der Waals surface area contributed by atoms with Gasteiger partial charge in [-0.25, -0.2) is 0 Å². The first-order chi connectivity index (χ1) is 15.6. The van der Waals surface area contributed by atoms with Crippen molar-refractivity contribution in [1.82, 2.24) is 0 Å². The van der Waals surface area contributed by atoms with Gasteiger partial charge in [0.2, 0.25) is 0 Å². The Balaban J connectivity index is 2.03. The monoisotopic (exact) mass is 419 g/mol. The fourth-order valence-corrected chi connectivity index (χ4v) is 5.01. The average molecular weight is 420 g/mol. The number of benzene rings is 4. The Bertz CT molecular complexity index is 925. The lowest BCUT2D eigenvalue weighted by Crippen LogP contribution is -2.58. The molecule has 161 valence electrons. The molecule has 0 saturated carbocycles. The third-order valence-corrected chi connectivity index (χ3v) is 6.60. The van der Waals surface area contributed by atoms with Crippen LogP contribution >= 0.6 is 0 Å². The molecule has 2 nitrogen and oxygen atoms in total. The Morgan fingerprint density at radius 1 is 0.500 bits per heavy atom. The van der Waals surface area contributed by atoms with E-state index in [1.165, 1.54) is 0 Å². The molecule has 4 rings (SSSR count). The number of nitrogens with two attached hydrogens (primary N) is 2. The third kappa shape index (κ3) is 3.88. The Morgan fingerprint density at radius 3 is 0.969 bits per heavy atom. The van der Waals surface area contributed by atoms with Crippen LogP contribution in [0.3, 0.4) is 0 Å². The van der Waals surface area contributed by atoms with Gasteiger partial charge < -0.3 is 11.5 Å². The summed E-state index contributed by atoms with van der Waals surface area (Å²) in [4.78, 5) is 0. The Hall–Kier alpha value is -3.20. The van der Waals surface area contributed by atoms with Crippen LogP contribution in [0.25, 0.3) is 0 Å². The van der Waals surface area contributed by atoms with E-state index in [-0.39, 0.29) is 5.92 Å². The summed E-state index contributed by atoms with van der Waals surface area (Å²) >= 11 is 0. The van der Waals surface area contributed by atoms with Crippen molar-refractivity contribution in [2.24, 2.45) is 17.4 Å². The predicted molar refractivity (Wildman–Crippen MR) is 134 cm³/mol. The highest BCUT2D eigenvalue weighted by Gasteiger charge is 2.50. The molecule has 4 aromatic carbocycles. The minimum absolute atomic E-state index is 0.151. The molecule has 0 aliphatic heterocycles. The van der Waals surface area contributed by atoms with E-state index >= 15 is 0 Å². The summed E-state index contributed by atoms with van der Waals surface area (Å²) in [6.07, 6.45) is 1.49. The van der Waals surface area contributed by atoms with Gasteiger partial charge in [-0.1, -0.05) is 135 Å². The predicted octanol–water partition coefficient (Wildman–Crippen LogP) is 6.02. The van der Waals surface area contributed by atoms with E-state index in [0.717, 1.165) is 35.1 Å². The maximum absolute atomic E-state index is 7.52. The van der Waals surface area contributed by atoms with E-state index in [9.17, 15) is 0 Å². The molecule has 0 fully saturated rings. The molecule has 1 radical (unpaired) electrons. The van der Waals surface area contributed by atoms with Gasteiger partial charge in [0.1, 0.15) is 0 Å². The van der Waals surface area contributed by atoms with Gasteiger partial charge in [0.25, 0.3) is 0 Å². The van der Waals surface area contributed by atoms with Gasteiger partial charge in [-0.05, 0) is 28.7 Å². The van der Waals surface area contributed by atoms with Crippen molar-refractivity contribution in [1.29, 1.82) is 0 Å². The molecule has 0 aromatic heterocycles. The summed E-state index contributed by atoms with van der Waals surface area (Å²) in [5, 5.41) is 0. The lowest BCUT2D eigenvalue weighted by molar-refractivity contribution is 0.200. The fourth-order valence-electron chi connectivity index (χ4n) is 5.01. The van der Waals surface area contributed by atoms with Crippen molar-refractivity contribution in [2.45, 2.75) is 23.9 Å². The van der Waals surface area contributed by atoms with Gasteiger partial charge in [-0.15, -0.1) is 0 Å². The quantitative estimate of drug-likeness (QED) is 0.367. The highest BCUT2D eigenvalue weighted by atomic mass is 14.9. The summed E-state index contributed by atoms with van der Waals surface area (Å²) in [5.41, 5.74) is 17.6. The summed E-state index contributed by atoms with van der Waals surface area (Å²) in [5.74, 6) is -0.151. The molecule has 4 N–H and O–H groups in total. The van der Waals surface area contributed by atoms with Crippen LogP contribution in [0, 0.1) is 12.8 Å². The van der Waals surface area contributed by atoms with Gasteiger partial charge in [0, 0.05) is 5.92 Å². The van der Waals surface area contributed by atoms with Crippen LogP contribution < -0.4 is 11.5 Å². The van der Waals surface area contributed by atoms with Crippen molar-refractivity contribution in [3.8, 4) is 0 Å². The molecule has 0 atom stereocenters. The van der Waals surface area contributed by atoms with Crippen LogP contribution in [0.1, 0.15) is 35.1 Å². The van der Waals surface area contributed by atoms with Crippen LogP contribution in [0.2, 0.25) is 0 Å². The second kappa shape index (κ2) is 9.52. The standard InChI is InChI=1S/C30H31N2/c1-2-15-28(29(31,24-16-7-3-8-17-24)25-18-9-4-10-19-25)30(32,26-20-11-5-12-21-26)27-22-13-6-14-23-27/h3-14,16-23,28H,1-2,15,31-32H2. The van der Waals surface area contributed by atoms with Gasteiger partial charge in [-0.2, -0.15) is 0 Å². The molecule has 0 aliphatic carbocycles. The minimum atomic E-state index is -0.819. The van der Waals surface area contributed by atoms with E-state index in [1.807, 2.05) is 72.8 Å². The number of hydrogen-bond acceptors (Lipinski definition) is 2.